The van der Waals surface area contributed by atoms with Gasteiger partial charge >= 0.3 is 0 Å². The summed E-state index contributed by atoms with van der Waals surface area (Å²) >= 11 is 0. The third-order valence-electron chi connectivity index (χ3n) is 3.75. The number of amides is 2. The molecule has 2 aromatic rings. The molecular formula is C18H23N3O3. The molecule has 0 bridgehead atoms. The molecule has 128 valence electrons. The van der Waals surface area contributed by atoms with Crippen molar-refractivity contribution in [1.82, 2.24) is 15.6 Å². The van der Waals surface area contributed by atoms with Crippen molar-refractivity contribution in [3.8, 4) is 5.75 Å². The Morgan fingerprint density at radius 3 is 2.58 bits per heavy atom. The summed E-state index contributed by atoms with van der Waals surface area (Å²) in [7, 11) is 1.53. The van der Waals surface area contributed by atoms with Gasteiger partial charge in [0.2, 0.25) is 0 Å². The second-order valence-corrected chi connectivity index (χ2v) is 5.48. The van der Waals surface area contributed by atoms with Crippen LogP contribution in [-0.2, 0) is 0 Å². The van der Waals surface area contributed by atoms with E-state index in [-0.39, 0.29) is 23.6 Å². The van der Waals surface area contributed by atoms with E-state index in [1.165, 1.54) is 7.05 Å². The monoisotopic (exact) mass is 329 g/mol. The highest BCUT2D eigenvalue weighted by molar-refractivity contribution is 5.99. The van der Waals surface area contributed by atoms with Crippen molar-refractivity contribution in [1.29, 1.82) is 0 Å². The van der Waals surface area contributed by atoms with E-state index in [0.717, 1.165) is 11.1 Å². The molecular weight excluding hydrogens is 306 g/mol. The third kappa shape index (κ3) is 3.76. The fourth-order valence-electron chi connectivity index (χ4n) is 2.50. The molecule has 1 aromatic carbocycles. The van der Waals surface area contributed by atoms with Crippen LogP contribution in [0.2, 0.25) is 0 Å². The zero-order valence-electron chi connectivity index (χ0n) is 14.4. The molecule has 1 aromatic heterocycles. The van der Waals surface area contributed by atoms with Crippen LogP contribution in [0.25, 0.3) is 0 Å². The first-order valence-corrected chi connectivity index (χ1v) is 7.93. The topological polar surface area (TPSA) is 83.2 Å². The average molecular weight is 329 g/mol. The van der Waals surface area contributed by atoms with Gasteiger partial charge in [0.05, 0.1) is 0 Å². The first kappa shape index (κ1) is 17.6. The van der Waals surface area contributed by atoms with Crippen LogP contribution in [0.3, 0.4) is 0 Å². The van der Waals surface area contributed by atoms with Gasteiger partial charge in [-0.05, 0) is 31.9 Å². The van der Waals surface area contributed by atoms with Crippen molar-refractivity contribution in [2.24, 2.45) is 0 Å². The van der Waals surface area contributed by atoms with Crippen LogP contribution in [-0.4, -0.2) is 30.4 Å². The number of hydrogen-bond acceptors (Lipinski definition) is 3. The summed E-state index contributed by atoms with van der Waals surface area (Å²) in [5.74, 6) is -0.259. The Morgan fingerprint density at radius 2 is 1.96 bits per heavy atom. The largest absolute Gasteiger partial charge is 0.484 e. The Hall–Kier alpha value is -2.76. The second kappa shape index (κ2) is 7.68. The van der Waals surface area contributed by atoms with Gasteiger partial charge in [0.1, 0.15) is 17.5 Å². The Bertz CT molecular complexity index is 737. The van der Waals surface area contributed by atoms with E-state index < -0.39 is 0 Å². The van der Waals surface area contributed by atoms with Gasteiger partial charge in [-0.15, -0.1) is 0 Å². The molecule has 0 unspecified atom stereocenters. The molecule has 0 radical (unpaired) electrons. The third-order valence-corrected chi connectivity index (χ3v) is 3.75. The summed E-state index contributed by atoms with van der Waals surface area (Å²) in [5, 5.41) is 5.24. The number of aromatic amines is 1. The number of nitrogens with one attached hydrogen (secondary N) is 3. The van der Waals surface area contributed by atoms with Gasteiger partial charge in [-0.2, -0.15) is 0 Å². The Balaban J connectivity index is 2.32. The van der Waals surface area contributed by atoms with E-state index in [1.807, 2.05) is 45.0 Å². The highest BCUT2D eigenvalue weighted by atomic mass is 16.5. The number of carbonyl (C=O) groups excluding carboxylic acids is 2. The van der Waals surface area contributed by atoms with Crippen LogP contribution < -0.4 is 15.4 Å². The predicted octanol–water partition coefficient (Wildman–Crippen LogP) is 2.57. The minimum Gasteiger partial charge on any atom is -0.484 e. The van der Waals surface area contributed by atoms with Crippen molar-refractivity contribution in [3.05, 3.63) is 52.8 Å². The molecule has 0 saturated carbocycles. The van der Waals surface area contributed by atoms with Crippen molar-refractivity contribution in [2.45, 2.75) is 26.9 Å². The minimum atomic E-state index is -0.336. The molecule has 0 aliphatic rings. The van der Waals surface area contributed by atoms with E-state index in [0.29, 0.717) is 18.0 Å². The number of ether oxygens (including phenoxy) is 1. The van der Waals surface area contributed by atoms with Gasteiger partial charge in [-0.25, -0.2) is 0 Å². The Kier molecular flexibility index (Phi) is 5.63. The van der Waals surface area contributed by atoms with E-state index in [9.17, 15) is 9.59 Å². The van der Waals surface area contributed by atoms with Crippen molar-refractivity contribution in [2.75, 3.05) is 13.6 Å². The lowest BCUT2D eigenvalue weighted by molar-refractivity contribution is 0.0951. The smallest absolute Gasteiger partial charge is 0.271 e. The fraction of sp³-hybridized carbons (Fsp3) is 0.333. The SMILES string of the molecule is CCNC(=O)c1cc(O[C@H](C)c2ccccc2C)c(C(=O)NC)[nH]1. The lowest BCUT2D eigenvalue weighted by Crippen LogP contribution is -2.23. The van der Waals surface area contributed by atoms with Crippen LogP contribution in [0.1, 0.15) is 52.1 Å². The lowest BCUT2D eigenvalue weighted by Gasteiger charge is -2.17. The molecule has 1 heterocycles. The highest BCUT2D eigenvalue weighted by Gasteiger charge is 2.21. The molecule has 0 aliphatic heterocycles. The standard InChI is InChI=1S/C18H23N3O3/c1-5-20-17(22)14-10-15(16(21-14)18(23)19-4)24-12(3)13-9-7-6-8-11(13)2/h6-10,12,21H,5H2,1-4H3,(H,19,23)(H,20,22)/t12-/m1/s1. The quantitative estimate of drug-likeness (QED) is 0.761. The van der Waals surface area contributed by atoms with Crippen LogP contribution in [0.4, 0.5) is 0 Å². The number of aromatic nitrogens is 1. The average Bonchev–Trinajstić information content (AvgIpc) is 2.98. The summed E-state index contributed by atoms with van der Waals surface area (Å²) in [6.45, 7) is 6.25. The van der Waals surface area contributed by atoms with Crippen LogP contribution in [0, 0.1) is 6.92 Å². The molecule has 0 aliphatic carbocycles. The molecule has 0 fully saturated rings. The lowest BCUT2D eigenvalue weighted by atomic mass is 10.0. The molecule has 2 rings (SSSR count). The van der Waals surface area contributed by atoms with Gasteiger partial charge in [-0.1, -0.05) is 24.3 Å². The maximum atomic E-state index is 12.1. The highest BCUT2D eigenvalue weighted by Crippen LogP contribution is 2.28. The van der Waals surface area contributed by atoms with E-state index in [1.54, 1.807) is 6.07 Å². The summed E-state index contributed by atoms with van der Waals surface area (Å²) in [6, 6.07) is 9.46. The molecule has 0 spiro atoms. The van der Waals surface area contributed by atoms with E-state index in [4.69, 9.17) is 4.74 Å². The second-order valence-electron chi connectivity index (χ2n) is 5.48. The number of hydrogen-bond donors (Lipinski definition) is 3. The van der Waals surface area contributed by atoms with Crippen LogP contribution in [0.5, 0.6) is 5.75 Å². The van der Waals surface area contributed by atoms with Crippen LogP contribution in [0.15, 0.2) is 30.3 Å². The van der Waals surface area contributed by atoms with Gasteiger partial charge in [0, 0.05) is 19.7 Å². The molecule has 1 atom stereocenters. The summed E-state index contributed by atoms with van der Waals surface area (Å²) in [5.41, 5.74) is 2.66. The van der Waals surface area contributed by atoms with Gasteiger partial charge < -0.3 is 20.4 Å². The number of aryl methyl sites for hydroxylation is 1. The summed E-state index contributed by atoms with van der Waals surface area (Å²) in [6.07, 6.45) is -0.257. The van der Waals surface area contributed by atoms with Crippen molar-refractivity contribution in [3.63, 3.8) is 0 Å². The van der Waals surface area contributed by atoms with E-state index >= 15 is 0 Å². The Morgan fingerprint density at radius 1 is 1.25 bits per heavy atom. The molecule has 6 heteroatoms. The molecule has 6 nitrogen and oxygen atoms in total. The van der Waals surface area contributed by atoms with Gasteiger partial charge in [0.25, 0.3) is 11.8 Å². The van der Waals surface area contributed by atoms with E-state index in [2.05, 4.69) is 15.6 Å². The van der Waals surface area contributed by atoms with Crippen LogP contribution >= 0.6 is 0 Å². The molecule has 3 N–H and O–H groups in total. The first-order valence-electron chi connectivity index (χ1n) is 7.93. The normalized spacial score (nSPS) is 11.7. The zero-order chi connectivity index (χ0) is 17.7. The Labute approximate surface area is 141 Å². The summed E-state index contributed by atoms with van der Waals surface area (Å²) < 4.78 is 5.97. The predicted molar refractivity (Wildman–Crippen MR) is 92.4 cm³/mol. The first-order chi connectivity index (χ1) is 11.5. The fourth-order valence-corrected chi connectivity index (χ4v) is 2.50. The number of carbonyl (C=O) groups is 2. The molecule has 24 heavy (non-hydrogen) atoms. The number of H-pyrrole nitrogens is 1. The summed E-state index contributed by atoms with van der Waals surface area (Å²) in [4.78, 5) is 26.9. The number of benzene rings is 1. The number of rotatable bonds is 6. The molecule has 2 amide bonds. The zero-order valence-corrected chi connectivity index (χ0v) is 14.4. The molecule has 0 saturated heterocycles. The van der Waals surface area contributed by atoms with Crippen molar-refractivity contribution < 1.29 is 14.3 Å². The van der Waals surface area contributed by atoms with Gasteiger partial charge in [0.15, 0.2) is 5.75 Å². The minimum absolute atomic E-state index is 0.235. The van der Waals surface area contributed by atoms with Gasteiger partial charge in [-0.3, -0.25) is 9.59 Å². The van der Waals surface area contributed by atoms with Crippen molar-refractivity contribution >= 4 is 11.8 Å². The maximum Gasteiger partial charge on any atom is 0.271 e. The maximum absolute atomic E-state index is 12.1.